The Labute approximate surface area is 252 Å². The van der Waals surface area contributed by atoms with Gasteiger partial charge in [0.2, 0.25) is 5.82 Å². The van der Waals surface area contributed by atoms with Crippen LogP contribution in [-0.4, -0.2) is 10.1 Å². The lowest BCUT2D eigenvalue weighted by molar-refractivity contribution is 0.432. The molecule has 1 aliphatic heterocycles. The standard InChI is InChI=1S/C38H27N3OS/c1-4-14-28(15-5-1)37-39-38(42-40-37)29-24-26-30(27-25-29)41-33-20-10-12-22-35(33)43(31-16-6-2-7-17-31,32-18-8-3-9-19-32)36-23-13-11-21-34(36)41/h1-27H. The smallest absolute Gasteiger partial charge is 0.258 e. The van der Waals surface area contributed by atoms with Crippen LogP contribution in [0.15, 0.2) is 188 Å². The molecule has 0 radical (unpaired) electrons. The van der Waals surface area contributed by atoms with Crippen molar-refractivity contribution in [2.45, 2.75) is 19.6 Å². The van der Waals surface area contributed by atoms with Gasteiger partial charge < -0.3 is 9.42 Å². The molecule has 206 valence electrons. The molecule has 5 heteroatoms. The Morgan fingerprint density at radius 2 is 0.953 bits per heavy atom. The molecule has 0 saturated heterocycles. The molecule has 1 aliphatic rings. The second kappa shape index (κ2) is 10.5. The summed E-state index contributed by atoms with van der Waals surface area (Å²) in [5.74, 6) is 1.08. The molecule has 1 aromatic heterocycles. The van der Waals surface area contributed by atoms with E-state index in [9.17, 15) is 0 Å². The molecule has 0 fully saturated rings. The van der Waals surface area contributed by atoms with Gasteiger partial charge in [-0.1, -0.05) is 96.2 Å². The molecular formula is C38H27N3OS. The molecule has 0 bridgehead atoms. The predicted molar refractivity (Wildman–Crippen MR) is 173 cm³/mol. The van der Waals surface area contributed by atoms with Crippen molar-refractivity contribution in [2.75, 3.05) is 4.90 Å². The number of benzene rings is 6. The molecule has 6 aromatic carbocycles. The Morgan fingerprint density at radius 3 is 1.51 bits per heavy atom. The van der Waals surface area contributed by atoms with Crippen LogP contribution in [0.1, 0.15) is 0 Å². The number of anilines is 3. The van der Waals surface area contributed by atoms with Gasteiger partial charge in [-0.25, -0.2) is 0 Å². The molecule has 2 heterocycles. The van der Waals surface area contributed by atoms with Crippen molar-refractivity contribution in [3.63, 3.8) is 0 Å². The molecule has 0 aliphatic carbocycles. The largest absolute Gasteiger partial charge is 0.334 e. The number of nitrogens with zero attached hydrogens (tertiary/aromatic N) is 3. The van der Waals surface area contributed by atoms with E-state index in [0.717, 1.165) is 16.8 Å². The Kier molecular flexibility index (Phi) is 6.16. The van der Waals surface area contributed by atoms with E-state index in [1.807, 2.05) is 30.3 Å². The number of hydrogen-bond acceptors (Lipinski definition) is 4. The first-order valence-electron chi connectivity index (χ1n) is 14.3. The van der Waals surface area contributed by atoms with E-state index in [1.165, 1.54) is 31.0 Å². The van der Waals surface area contributed by atoms with Crippen molar-refractivity contribution in [3.8, 4) is 22.8 Å². The lowest BCUT2D eigenvalue weighted by atomic mass is 10.1. The third-order valence-electron chi connectivity index (χ3n) is 7.90. The van der Waals surface area contributed by atoms with E-state index in [0.29, 0.717) is 11.7 Å². The molecule has 0 amide bonds. The highest BCUT2D eigenvalue weighted by Gasteiger charge is 2.42. The molecule has 43 heavy (non-hydrogen) atoms. The zero-order valence-corrected chi connectivity index (χ0v) is 24.1. The molecular weight excluding hydrogens is 547 g/mol. The zero-order valence-electron chi connectivity index (χ0n) is 23.2. The maximum absolute atomic E-state index is 5.66. The summed E-state index contributed by atoms with van der Waals surface area (Å²) < 4.78 is 5.66. The lowest BCUT2D eigenvalue weighted by Crippen LogP contribution is -2.21. The average molecular weight is 574 g/mol. The third kappa shape index (κ3) is 4.09. The topological polar surface area (TPSA) is 42.2 Å². The Bertz CT molecular complexity index is 1930. The SMILES string of the molecule is c1ccc(-c2noc(-c3ccc(N4c5ccccc5S(c5ccccc5)(c5ccccc5)c5ccccc54)cc3)n2)cc1. The van der Waals surface area contributed by atoms with Crippen LogP contribution in [0.3, 0.4) is 0 Å². The summed E-state index contributed by atoms with van der Waals surface area (Å²) in [6.07, 6.45) is 0. The minimum absolute atomic E-state index is 0.501. The van der Waals surface area contributed by atoms with E-state index < -0.39 is 10.0 Å². The van der Waals surface area contributed by atoms with Crippen LogP contribution in [-0.2, 0) is 0 Å². The molecule has 8 rings (SSSR count). The van der Waals surface area contributed by atoms with Crippen LogP contribution >= 0.6 is 10.0 Å². The van der Waals surface area contributed by atoms with Gasteiger partial charge in [-0.15, -0.1) is 10.0 Å². The maximum atomic E-state index is 5.66. The summed E-state index contributed by atoms with van der Waals surface area (Å²) in [6, 6.07) is 58.0. The van der Waals surface area contributed by atoms with Crippen molar-refractivity contribution in [3.05, 3.63) is 164 Å². The highest BCUT2D eigenvalue weighted by atomic mass is 32.3. The van der Waals surface area contributed by atoms with Gasteiger partial charge in [0.15, 0.2) is 0 Å². The van der Waals surface area contributed by atoms with Crippen molar-refractivity contribution >= 4 is 27.1 Å². The van der Waals surface area contributed by atoms with Gasteiger partial charge in [0.1, 0.15) is 0 Å². The lowest BCUT2D eigenvalue weighted by Gasteiger charge is -2.49. The number of fused-ring (bicyclic) bond motifs is 2. The molecule has 0 unspecified atom stereocenters. The van der Waals surface area contributed by atoms with Gasteiger partial charge in [-0.2, -0.15) is 4.98 Å². The first-order chi connectivity index (χ1) is 21.3. The Balaban J connectivity index is 1.29. The Hall–Kier alpha value is -5.39. The van der Waals surface area contributed by atoms with Gasteiger partial charge in [0, 0.05) is 36.4 Å². The summed E-state index contributed by atoms with van der Waals surface area (Å²) in [5, 5.41) is 4.21. The molecule has 0 spiro atoms. The third-order valence-corrected chi connectivity index (χ3v) is 11.9. The van der Waals surface area contributed by atoms with Crippen LogP contribution in [0.25, 0.3) is 22.8 Å². The van der Waals surface area contributed by atoms with Crippen LogP contribution < -0.4 is 4.90 Å². The van der Waals surface area contributed by atoms with E-state index in [2.05, 4.69) is 149 Å². The maximum Gasteiger partial charge on any atom is 0.258 e. The number of hydrogen-bond donors (Lipinski definition) is 0. The zero-order chi connectivity index (χ0) is 28.6. The second-order valence-corrected chi connectivity index (χ2v) is 13.4. The summed E-state index contributed by atoms with van der Waals surface area (Å²) in [6.45, 7) is 0. The average Bonchev–Trinajstić information content (AvgIpc) is 3.59. The molecule has 0 saturated carbocycles. The van der Waals surface area contributed by atoms with E-state index in [4.69, 9.17) is 4.52 Å². The van der Waals surface area contributed by atoms with Crippen LogP contribution in [0, 0.1) is 0 Å². The van der Waals surface area contributed by atoms with Gasteiger partial charge in [-0.3, -0.25) is 0 Å². The highest BCUT2D eigenvalue weighted by molar-refractivity contribution is 8.34. The van der Waals surface area contributed by atoms with E-state index in [-0.39, 0.29) is 0 Å². The minimum atomic E-state index is -1.76. The fraction of sp³-hybridized carbons (Fsp3) is 0. The normalized spacial score (nSPS) is 14.0. The quantitative estimate of drug-likeness (QED) is 0.205. The highest BCUT2D eigenvalue weighted by Crippen LogP contribution is 2.79. The fourth-order valence-corrected chi connectivity index (χ4v) is 10.2. The van der Waals surface area contributed by atoms with Gasteiger partial charge in [0.05, 0.1) is 11.4 Å². The van der Waals surface area contributed by atoms with E-state index in [1.54, 1.807) is 0 Å². The minimum Gasteiger partial charge on any atom is -0.334 e. The summed E-state index contributed by atoms with van der Waals surface area (Å²) in [5.41, 5.74) is 5.24. The van der Waals surface area contributed by atoms with Gasteiger partial charge in [0.25, 0.3) is 5.89 Å². The van der Waals surface area contributed by atoms with Crippen molar-refractivity contribution in [1.29, 1.82) is 0 Å². The van der Waals surface area contributed by atoms with Crippen LogP contribution in [0.5, 0.6) is 0 Å². The van der Waals surface area contributed by atoms with Gasteiger partial charge in [-0.05, 0) is 72.8 Å². The fourth-order valence-electron chi connectivity index (χ4n) is 6.02. The first kappa shape index (κ1) is 25.3. The number of aromatic nitrogens is 2. The van der Waals surface area contributed by atoms with Crippen molar-refractivity contribution in [2.24, 2.45) is 0 Å². The predicted octanol–water partition coefficient (Wildman–Crippen LogP) is 10.5. The first-order valence-corrected chi connectivity index (χ1v) is 15.9. The van der Waals surface area contributed by atoms with E-state index >= 15 is 0 Å². The number of para-hydroxylation sites is 2. The number of rotatable bonds is 5. The second-order valence-electron chi connectivity index (χ2n) is 10.3. The monoisotopic (exact) mass is 573 g/mol. The summed E-state index contributed by atoms with van der Waals surface area (Å²) in [4.78, 5) is 12.3. The molecule has 7 aromatic rings. The van der Waals surface area contributed by atoms with Crippen molar-refractivity contribution in [1.82, 2.24) is 10.1 Å². The van der Waals surface area contributed by atoms with Crippen LogP contribution in [0.4, 0.5) is 17.1 Å². The van der Waals surface area contributed by atoms with Crippen LogP contribution in [0.2, 0.25) is 0 Å². The summed E-state index contributed by atoms with van der Waals surface area (Å²) >= 11 is 0. The van der Waals surface area contributed by atoms with Crippen molar-refractivity contribution < 1.29 is 4.52 Å². The Morgan fingerprint density at radius 1 is 0.465 bits per heavy atom. The molecule has 0 N–H and O–H groups in total. The molecule has 4 nitrogen and oxygen atoms in total. The summed E-state index contributed by atoms with van der Waals surface area (Å²) in [7, 11) is -1.76. The van der Waals surface area contributed by atoms with Gasteiger partial charge >= 0.3 is 0 Å². The molecule has 0 atom stereocenters.